The van der Waals surface area contributed by atoms with E-state index in [4.69, 9.17) is 0 Å². The second-order valence-corrected chi connectivity index (χ2v) is 7.80. The largest absolute Gasteiger partial charge is 0.340 e. The molecule has 3 aromatic rings. The Kier molecular flexibility index (Phi) is 5.58. The molecule has 0 N–H and O–H groups in total. The Morgan fingerprint density at radius 2 is 2.00 bits per heavy atom. The van der Waals surface area contributed by atoms with Gasteiger partial charge in [0.1, 0.15) is 11.6 Å². The summed E-state index contributed by atoms with van der Waals surface area (Å²) in [7, 11) is 1.78. The summed E-state index contributed by atoms with van der Waals surface area (Å²) < 4.78 is 15.5. The fourth-order valence-corrected chi connectivity index (χ4v) is 4.15. The van der Waals surface area contributed by atoms with Crippen LogP contribution < -0.4 is 0 Å². The molecular weight excluding hydrogens is 369 g/mol. The maximum atomic E-state index is 13.4. The molecule has 0 saturated carbocycles. The predicted molar refractivity (Wildman–Crippen MR) is 109 cm³/mol. The first kappa shape index (κ1) is 19.5. The monoisotopic (exact) mass is 395 g/mol. The van der Waals surface area contributed by atoms with E-state index in [0.29, 0.717) is 12.5 Å². The van der Waals surface area contributed by atoms with Crippen molar-refractivity contribution < 1.29 is 9.18 Å². The Bertz CT molecular complexity index is 996. The van der Waals surface area contributed by atoms with E-state index < -0.39 is 0 Å². The number of hydrogen-bond donors (Lipinski definition) is 0. The average molecular weight is 395 g/mol. The molecule has 29 heavy (non-hydrogen) atoms. The molecule has 152 valence electrons. The molecular formula is C22H26FN5O. The van der Waals surface area contributed by atoms with Gasteiger partial charge in [-0.05, 0) is 62.7 Å². The third kappa shape index (κ3) is 4.15. The molecule has 0 spiro atoms. The molecule has 0 radical (unpaired) electrons. The van der Waals surface area contributed by atoms with Gasteiger partial charge in [-0.25, -0.2) is 4.39 Å². The number of carbonyl (C=O) groups excluding carboxylic acids is 1. The molecule has 1 fully saturated rings. The number of halogens is 1. The van der Waals surface area contributed by atoms with Gasteiger partial charge in [-0.15, -0.1) is 10.2 Å². The normalized spacial score (nSPS) is 16.8. The van der Waals surface area contributed by atoms with Crippen LogP contribution in [0.1, 0.15) is 37.1 Å². The fraction of sp³-hybridized carbons (Fsp3) is 0.409. The summed E-state index contributed by atoms with van der Waals surface area (Å²) in [6.45, 7) is 4.04. The Balaban J connectivity index is 1.35. The summed E-state index contributed by atoms with van der Waals surface area (Å²) in [4.78, 5) is 16.8. The molecule has 2 aromatic heterocycles. The number of hydrogen-bond acceptors (Lipinski definition) is 4. The summed E-state index contributed by atoms with van der Waals surface area (Å²) in [5.74, 6) is 1.12. The van der Waals surface area contributed by atoms with E-state index >= 15 is 0 Å². The van der Waals surface area contributed by atoms with Gasteiger partial charge in [0.05, 0.1) is 6.04 Å². The van der Waals surface area contributed by atoms with Gasteiger partial charge < -0.3 is 4.90 Å². The van der Waals surface area contributed by atoms with Crippen LogP contribution in [0.2, 0.25) is 0 Å². The number of likely N-dealkylation sites (tertiary alicyclic amines) is 1. The lowest BCUT2D eigenvalue weighted by Crippen LogP contribution is -2.48. The lowest BCUT2D eigenvalue weighted by molar-refractivity contribution is -0.136. The number of fused-ring (bicyclic) bond motifs is 1. The molecule has 1 aliphatic rings. The first-order chi connectivity index (χ1) is 14.0. The Morgan fingerprint density at radius 1 is 1.21 bits per heavy atom. The minimum absolute atomic E-state index is 0.0561. The van der Waals surface area contributed by atoms with Crippen molar-refractivity contribution >= 4 is 11.6 Å². The van der Waals surface area contributed by atoms with Crippen molar-refractivity contribution in [3.63, 3.8) is 0 Å². The zero-order valence-electron chi connectivity index (χ0n) is 16.8. The van der Waals surface area contributed by atoms with Crippen LogP contribution in [-0.4, -0.2) is 56.5 Å². The molecule has 4 rings (SSSR count). The van der Waals surface area contributed by atoms with Crippen molar-refractivity contribution in [1.82, 2.24) is 24.4 Å². The molecule has 1 saturated heterocycles. The van der Waals surface area contributed by atoms with Crippen molar-refractivity contribution in [2.75, 3.05) is 20.1 Å². The van der Waals surface area contributed by atoms with Gasteiger partial charge in [-0.2, -0.15) is 0 Å². The second kappa shape index (κ2) is 8.29. The molecule has 3 heterocycles. The maximum absolute atomic E-state index is 13.4. The first-order valence-corrected chi connectivity index (χ1v) is 10.1. The maximum Gasteiger partial charge on any atom is 0.239 e. The summed E-state index contributed by atoms with van der Waals surface area (Å²) in [6.07, 6.45) is 3.90. The molecule has 7 heteroatoms. The third-order valence-electron chi connectivity index (χ3n) is 5.82. The highest BCUT2D eigenvalue weighted by Crippen LogP contribution is 2.28. The predicted octanol–water partition coefficient (Wildman–Crippen LogP) is 3.09. The lowest BCUT2D eigenvalue weighted by atomic mass is 9.95. The Hall–Kier alpha value is -2.80. The fourth-order valence-electron chi connectivity index (χ4n) is 4.15. The summed E-state index contributed by atoms with van der Waals surface area (Å²) in [6, 6.07) is 12.1. The SMILES string of the molecule is CC(C(=O)N(C)Cc1cccc(F)c1)N1CCC(c2nnc3ccccn23)CC1. The molecule has 1 aromatic carbocycles. The molecule has 0 bridgehead atoms. The molecule has 6 nitrogen and oxygen atoms in total. The zero-order valence-corrected chi connectivity index (χ0v) is 16.8. The summed E-state index contributed by atoms with van der Waals surface area (Å²) in [5, 5.41) is 8.65. The Morgan fingerprint density at radius 3 is 2.76 bits per heavy atom. The summed E-state index contributed by atoms with van der Waals surface area (Å²) >= 11 is 0. The number of benzene rings is 1. The van der Waals surface area contributed by atoms with Gasteiger partial charge in [-0.1, -0.05) is 18.2 Å². The second-order valence-electron chi connectivity index (χ2n) is 7.80. The van der Waals surface area contributed by atoms with Crippen LogP contribution in [0.25, 0.3) is 5.65 Å². The number of carbonyl (C=O) groups is 1. The number of likely N-dealkylation sites (N-methyl/N-ethyl adjacent to an activating group) is 1. The van der Waals surface area contributed by atoms with E-state index in [2.05, 4.69) is 19.5 Å². The molecule has 0 aliphatic carbocycles. The van der Waals surface area contributed by atoms with Crippen LogP contribution in [0, 0.1) is 5.82 Å². The summed E-state index contributed by atoms with van der Waals surface area (Å²) in [5.41, 5.74) is 1.66. The minimum Gasteiger partial charge on any atom is -0.340 e. The zero-order chi connectivity index (χ0) is 20.4. The lowest BCUT2D eigenvalue weighted by Gasteiger charge is -2.36. The molecule has 1 unspecified atom stereocenters. The van der Waals surface area contributed by atoms with E-state index in [0.717, 1.165) is 43.0 Å². The van der Waals surface area contributed by atoms with Gasteiger partial charge in [0, 0.05) is 25.7 Å². The van der Waals surface area contributed by atoms with Gasteiger partial charge in [-0.3, -0.25) is 14.1 Å². The van der Waals surface area contributed by atoms with Crippen molar-refractivity contribution in [3.8, 4) is 0 Å². The number of nitrogens with zero attached hydrogens (tertiary/aromatic N) is 5. The molecule has 1 aliphatic heterocycles. The minimum atomic E-state index is -0.278. The van der Waals surface area contributed by atoms with E-state index in [-0.39, 0.29) is 17.8 Å². The number of pyridine rings is 1. The average Bonchev–Trinajstić information content (AvgIpc) is 3.17. The van der Waals surface area contributed by atoms with Crippen LogP contribution in [0.4, 0.5) is 4.39 Å². The van der Waals surface area contributed by atoms with Crippen molar-refractivity contribution in [3.05, 3.63) is 65.9 Å². The van der Waals surface area contributed by atoms with Crippen molar-refractivity contribution in [1.29, 1.82) is 0 Å². The molecule has 1 amide bonds. The molecule has 1 atom stereocenters. The Labute approximate surface area is 170 Å². The smallest absolute Gasteiger partial charge is 0.239 e. The van der Waals surface area contributed by atoms with E-state index in [1.165, 1.54) is 12.1 Å². The highest BCUT2D eigenvalue weighted by atomic mass is 19.1. The number of amides is 1. The topological polar surface area (TPSA) is 53.7 Å². The van der Waals surface area contributed by atoms with Crippen molar-refractivity contribution in [2.45, 2.75) is 38.3 Å². The van der Waals surface area contributed by atoms with Crippen LogP contribution in [0.5, 0.6) is 0 Å². The van der Waals surface area contributed by atoms with Crippen LogP contribution in [-0.2, 0) is 11.3 Å². The third-order valence-corrected chi connectivity index (χ3v) is 5.82. The number of rotatable bonds is 5. The van der Waals surface area contributed by atoms with Crippen molar-refractivity contribution in [2.24, 2.45) is 0 Å². The van der Waals surface area contributed by atoms with Gasteiger partial charge >= 0.3 is 0 Å². The van der Waals surface area contributed by atoms with Crippen LogP contribution in [0.3, 0.4) is 0 Å². The van der Waals surface area contributed by atoms with E-state index in [1.807, 2.05) is 37.4 Å². The van der Waals surface area contributed by atoms with Gasteiger partial charge in [0.15, 0.2) is 5.65 Å². The standard InChI is InChI=1S/C22H26FN5O/c1-16(22(29)26(2)15-17-6-5-7-19(23)14-17)27-12-9-18(10-13-27)21-25-24-20-8-3-4-11-28(20)21/h3-8,11,14,16,18H,9-10,12-13,15H2,1-2H3. The quantitative estimate of drug-likeness (QED) is 0.666. The van der Waals surface area contributed by atoms with E-state index in [1.54, 1.807) is 18.0 Å². The number of piperidine rings is 1. The van der Waals surface area contributed by atoms with Gasteiger partial charge in [0.25, 0.3) is 0 Å². The van der Waals surface area contributed by atoms with Gasteiger partial charge in [0.2, 0.25) is 5.91 Å². The van der Waals surface area contributed by atoms with Crippen LogP contribution in [0.15, 0.2) is 48.7 Å². The highest BCUT2D eigenvalue weighted by molar-refractivity contribution is 5.81. The first-order valence-electron chi connectivity index (χ1n) is 10.1. The van der Waals surface area contributed by atoms with E-state index in [9.17, 15) is 9.18 Å². The highest BCUT2D eigenvalue weighted by Gasteiger charge is 2.30. The van der Waals surface area contributed by atoms with Crippen LogP contribution >= 0.6 is 0 Å². The number of aromatic nitrogens is 3.